The molecule has 3 rings (SSSR count). The molecule has 1 fully saturated rings. The normalized spacial score (nSPS) is 14.9. The van der Waals surface area contributed by atoms with Crippen molar-refractivity contribution in [3.05, 3.63) is 65.5 Å². The number of nitrogens with one attached hydrogen (secondary N) is 1. The summed E-state index contributed by atoms with van der Waals surface area (Å²) in [5.41, 5.74) is 1.64. The first kappa shape index (κ1) is 18.2. The minimum Gasteiger partial charge on any atom is -0.496 e. The van der Waals surface area contributed by atoms with E-state index in [4.69, 9.17) is 4.74 Å². The molecule has 0 aliphatic carbocycles. The van der Waals surface area contributed by atoms with E-state index in [0.29, 0.717) is 18.7 Å². The molecule has 1 N–H and O–H groups in total. The van der Waals surface area contributed by atoms with E-state index in [0.717, 1.165) is 30.9 Å². The highest BCUT2D eigenvalue weighted by Gasteiger charge is 2.21. The number of methoxy groups -OCH3 is 1. The average molecular weight is 357 g/mol. The Hall–Kier alpha value is -2.60. The van der Waals surface area contributed by atoms with Crippen LogP contribution in [0.3, 0.4) is 0 Å². The lowest BCUT2D eigenvalue weighted by atomic mass is 10.1. The number of halogens is 1. The maximum atomic E-state index is 13.6. The van der Waals surface area contributed by atoms with Gasteiger partial charge in [0, 0.05) is 50.4 Å². The number of para-hydroxylation sites is 1. The molecule has 1 aliphatic heterocycles. The second-order valence-electron chi connectivity index (χ2n) is 6.33. The topological polar surface area (TPSA) is 44.8 Å². The number of carbonyl (C=O) groups excluding carboxylic acids is 1. The van der Waals surface area contributed by atoms with Crippen molar-refractivity contribution in [1.82, 2.24) is 15.1 Å². The number of piperazine rings is 1. The fourth-order valence-electron chi connectivity index (χ4n) is 3.11. The van der Waals surface area contributed by atoms with Crippen LogP contribution in [0, 0.1) is 5.82 Å². The van der Waals surface area contributed by atoms with Crippen molar-refractivity contribution in [2.75, 3.05) is 33.3 Å². The van der Waals surface area contributed by atoms with Crippen LogP contribution in [0.5, 0.6) is 5.75 Å². The number of ether oxygens (including phenoxy) is 1. The van der Waals surface area contributed by atoms with Crippen molar-refractivity contribution in [1.29, 1.82) is 0 Å². The molecule has 0 spiro atoms. The van der Waals surface area contributed by atoms with Gasteiger partial charge in [-0.2, -0.15) is 0 Å². The van der Waals surface area contributed by atoms with Crippen molar-refractivity contribution in [2.45, 2.75) is 13.1 Å². The van der Waals surface area contributed by atoms with E-state index in [1.54, 1.807) is 30.2 Å². The molecule has 26 heavy (non-hydrogen) atoms. The Morgan fingerprint density at radius 2 is 1.69 bits per heavy atom. The van der Waals surface area contributed by atoms with Crippen LogP contribution in [0.15, 0.2) is 48.5 Å². The lowest BCUT2D eigenvalue weighted by Crippen LogP contribution is -2.51. The summed E-state index contributed by atoms with van der Waals surface area (Å²) in [5.74, 6) is 0.590. The summed E-state index contributed by atoms with van der Waals surface area (Å²) in [6, 6.07) is 14.3. The summed E-state index contributed by atoms with van der Waals surface area (Å²) in [6.07, 6.45) is 0. The zero-order valence-electron chi connectivity index (χ0n) is 15.0. The molecular weight excluding hydrogens is 333 g/mol. The fourth-order valence-corrected chi connectivity index (χ4v) is 3.11. The van der Waals surface area contributed by atoms with Crippen molar-refractivity contribution < 1.29 is 13.9 Å². The number of carbonyl (C=O) groups is 1. The Kier molecular flexibility index (Phi) is 6.07. The van der Waals surface area contributed by atoms with Gasteiger partial charge in [0.1, 0.15) is 11.6 Å². The molecule has 0 saturated carbocycles. The third kappa shape index (κ3) is 4.52. The van der Waals surface area contributed by atoms with E-state index in [2.05, 4.69) is 16.3 Å². The van der Waals surface area contributed by atoms with Crippen molar-refractivity contribution in [3.8, 4) is 5.75 Å². The van der Waals surface area contributed by atoms with Crippen LogP contribution in [-0.4, -0.2) is 49.1 Å². The molecule has 1 aliphatic rings. The minimum absolute atomic E-state index is 0.148. The SMILES string of the molecule is COc1ccccc1CN1CCN(C(=O)NCc2ccccc2F)CC1. The summed E-state index contributed by atoms with van der Waals surface area (Å²) in [7, 11) is 1.68. The van der Waals surface area contributed by atoms with Gasteiger partial charge in [-0.1, -0.05) is 36.4 Å². The Morgan fingerprint density at radius 3 is 2.38 bits per heavy atom. The van der Waals surface area contributed by atoms with Crippen LogP contribution >= 0.6 is 0 Å². The molecule has 5 nitrogen and oxygen atoms in total. The molecule has 0 aromatic heterocycles. The highest BCUT2D eigenvalue weighted by molar-refractivity contribution is 5.74. The van der Waals surface area contributed by atoms with Crippen molar-refractivity contribution >= 4 is 6.03 Å². The van der Waals surface area contributed by atoms with Crippen LogP contribution in [0.25, 0.3) is 0 Å². The van der Waals surface area contributed by atoms with Crippen molar-refractivity contribution in [3.63, 3.8) is 0 Å². The number of rotatable bonds is 5. The van der Waals surface area contributed by atoms with Gasteiger partial charge in [0.2, 0.25) is 0 Å². The van der Waals surface area contributed by atoms with Gasteiger partial charge in [0.25, 0.3) is 0 Å². The van der Waals surface area contributed by atoms with Crippen LogP contribution in [0.1, 0.15) is 11.1 Å². The van der Waals surface area contributed by atoms with Gasteiger partial charge in [-0.3, -0.25) is 4.90 Å². The predicted octanol–water partition coefficient (Wildman–Crippen LogP) is 2.86. The number of benzene rings is 2. The van der Waals surface area contributed by atoms with Crippen LogP contribution in [-0.2, 0) is 13.1 Å². The first-order valence-electron chi connectivity index (χ1n) is 8.78. The van der Waals surface area contributed by atoms with Gasteiger partial charge in [-0.25, -0.2) is 9.18 Å². The maximum absolute atomic E-state index is 13.6. The van der Waals surface area contributed by atoms with Gasteiger partial charge in [-0.15, -0.1) is 0 Å². The van der Waals surface area contributed by atoms with Gasteiger partial charge in [0.15, 0.2) is 0 Å². The summed E-state index contributed by atoms with van der Waals surface area (Å²) < 4.78 is 19.0. The van der Waals surface area contributed by atoms with Gasteiger partial charge in [0.05, 0.1) is 7.11 Å². The smallest absolute Gasteiger partial charge is 0.317 e. The second-order valence-corrected chi connectivity index (χ2v) is 6.33. The third-order valence-corrected chi connectivity index (χ3v) is 4.63. The molecule has 2 aromatic carbocycles. The lowest BCUT2D eigenvalue weighted by molar-refractivity contribution is 0.134. The molecule has 0 atom stereocenters. The van der Waals surface area contributed by atoms with E-state index in [-0.39, 0.29) is 18.4 Å². The Bertz CT molecular complexity index is 745. The van der Waals surface area contributed by atoms with E-state index in [1.165, 1.54) is 6.07 Å². The zero-order chi connectivity index (χ0) is 18.4. The van der Waals surface area contributed by atoms with E-state index in [1.807, 2.05) is 18.2 Å². The van der Waals surface area contributed by atoms with Gasteiger partial charge < -0.3 is 15.0 Å². The van der Waals surface area contributed by atoms with Crippen LogP contribution < -0.4 is 10.1 Å². The van der Waals surface area contributed by atoms with Gasteiger partial charge in [-0.05, 0) is 12.1 Å². The number of nitrogens with zero attached hydrogens (tertiary/aromatic N) is 2. The molecule has 1 saturated heterocycles. The number of hydrogen-bond acceptors (Lipinski definition) is 3. The Morgan fingerprint density at radius 1 is 1.04 bits per heavy atom. The highest BCUT2D eigenvalue weighted by Crippen LogP contribution is 2.20. The number of hydrogen-bond donors (Lipinski definition) is 1. The lowest BCUT2D eigenvalue weighted by Gasteiger charge is -2.34. The first-order chi connectivity index (χ1) is 12.7. The number of urea groups is 1. The monoisotopic (exact) mass is 357 g/mol. The van der Waals surface area contributed by atoms with Crippen LogP contribution in [0.2, 0.25) is 0 Å². The zero-order valence-corrected chi connectivity index (χ0v) is 15.0. The van der Waals surface area contributed by atoms with E-state index in [9.17, 15) is 9.18 Å². The summed E-state index contributed by atoms with van der Waals surface area (Å²) in [4.78, 5) is 16.4. The molecule has 6 heteroatoms. The minimum atomic E-state index is -0.297. The standard InChI is InChI=1S/C20H24FN3O2/c1-26-19-9-5-3-7-17(19)15-23-10-12-24(13-11-23)20(25)22-14-16-6-2-4-8-18(16)21/h2-9H,10-15H2,1H3,(H,22,25). The van der Waals surface area contributed by atoms with E-state index >= 15 is 0 Å². The van der Waals surface area contributed by atoms with Gasteiger partial charge >= 0.3 is 6.03 Å². The quantitative estimate of drug-likeness (QED) is 0.895. The number of amides is 2. The molecule has 2 amide bonds. The molecular formula is C20H24FN3O2. The molecule has 2 aromatic rings. The summed E-state index contributed by atoms with van der Waals surface area (Å²) >= 11 is 0. The van der Waals surface area contributed by atoms with Crippen LogP contribution in [0.4, 0.5) is 9.18 Å². The average Bonchev–Trinajstić information content (AvgIpc) is 2.68. The molecule has 0 unspecified atom stereocenters. The second kappa shape index (κ2) is 8.67. The highest BCUT2D eigenvalue weighted by atomic mass is 19.1. The fraction of sp³-hybridized carbons (Fsp3) is 0.350. The molecule has 138 valence electrons. The molecule has 0 bridgehead atoms. The van der Waals surface area contributed by atoms with E-state index < -0.39 is 0 Å². The predicted molar refractivity (Wildman–Crippen MR) is 98.5 cm³/mol. The first-order valence-corrected chi connectivity index (χ1v) is 8.78. The third-order valence-electron chi connectivity index (χ3n) is 4.63. The molecule has 1 heterocycles. The largest absolute Gasteiger partial charge is 0.496 e. The maximum Gasteiger partial charge on any atom is 0.317 e. The Labute approximate surface area is 153 Å². The summed E-state index contributed by atoms with van der Waals surface area (Å²) in [6.45, 7) is 3.90. The molecule has 0 radical (unpaired) electrons. The van der Waals surface area contributed by atoms with Crippen molar-refractivity contribution in [2.24, 2.45) is 0 Å². The Balaban J connectivity index is 1.47. The summed E-state index contributed by atoms with van der Waals surface area (Å²) in [5, 5.41) is 2.80.